The molecule has 0 unspecified atom stereocenters. The number of carbonyl (C=O) groups excluding carboxylic acids is 1. The normalized spacial score (nSPS) is 11.0. The van der Waals surface area contributed by atoms with Gasteiger partial charge < -0.3 is 9.88 Å². The highest BCUT2D eigenvalue weighted by molar-refractivity contribution is 7.99. The molecule has 146 valence electrons. The fraction of sp³-hybridized carbons (Fsp3) is 0.286. The molecule has 5 nitrogen and oxygen atoms in total. The van der Waals surface area contributed by atoms with Crippen LogP contribution in [0, 0.1) is 5.82 Å². The van der Waals surface area contributed by atoms with Crippen LogP contribution in [0.15, 0.2) is 53.7 Å². The molecule has 0 spiro atoms. The molecule has 3 rings (SSSR count). The summed E-state index contributed by atoms with van der Waals surface area (Å²) in [6, 6.07) is 14.0. The molecule has 0 fully saturated rings. The van der Waals surface area contributed by atoms with Crippen LogP contribution in [-0.2, 0) is 11.3 Å². The summed E-state index contributed by atoms with van der Waals surface area (Å²) in [5, 5.41) is 12.0. The first-order chi connectivity index (χ1) is 13.5. The molecule has 0 aliphatic rings. The predicted molar refractivity (Wildman–Crippen MR) is 111 cm³/mol. The van der Waals surface area contributed by atoms with Crippen molar-refractivity contribution >= 4 is 23.4 Å². The lowest BCUT2D eigenvalue weighted by Crippen LogP contribution is -2.14. The quantitative estimate of drug-likeness (QED) is 0.572. The second-order valence-electron chi connectivity index (χ2n) is 6.67. The van der Waals surface area contributed by atoms with E-state index >= 15 is 0 Å². The summed E-state index contributed by atoms with van der Waals surface area (Å²) in [5.41, 5.74) is 2.84. The van der Waals surface area contributed by atoms with Crippen molar-refractivity contribution in [2.24, 2.45) is 0 Å². The van der Waals surface area contributed by atoms with Crippen molar-refractivity contribution in [3.05, 3.63) is 59.9 Å². The van der Waals surface area contributed by atoms with Crippen LogP contribution < -0.4 is 5.32 Å². The maximum atomic E-state index is 12.9. The minimum atomic E-state index is -0.336. The van der Waals surface area contributed by atoms with Crippen molar-refractivity contribution in [1.29, 1.82) is 0 Å². The fourth-order valence-electron chi connectivity index (χ4n) is 2.77. The van der Waals surface area contributed by atoms with E-state index in [-0.39, 0.29) is 17.5 Å². The Morgan fingerprint density at radius 2 is 1.79 bits per heavy atom. The molecule has 0 radical (unpaired) electrons. The fourth-order valence-corrected chi connectivity index (χ4v) is 3.57. The summed E-state index contributed by atoms with van der Waals surface area (Å²) in [6.07, 6.45) is 0. The van der Waals surface area contributed by atoms with Crippen molar-refractivity contribution in [2.75, 3.05) is 11.1 Å². The van der Waals surface area contributed by atoms with Crippen LogP contribution in [0.3, 0.4) is 0 Å². The third-order valence-corrected chi connectivity index (χ3v) is 5.30. The van der Waals surface area contributed by atoms with Crippen molar-refractivity contribution in [3.63, 3.8) is 0 Å². The SMILES string of the molecule is CCn1c(SCC(=O)Nc2ccc(F)cc2)nnc1-c1ccc(C(C)C)cc1. The number of nitrogens with zero attached hydrogens (tertiary/aromatic N) is 3. The molecule has 0 atom stereocenters. The summed E-state index contributed by atoms with van der Waals surface area (Å²) in [5.74, 6) is 0.951. The lowest BCUT2D eigenvalue weighted by atomic mass is 10.0. The number of nitrogens with one attached hydrogen (secondary N) is 1. The summed E-state index contributed by atoms with van der Waals surface area (Å²) < 4.78 is 14.9. The second-order valence-corrected chi connectivity index (χ2v) is 7.61. The molecule has 0 bridgehead atoms. The smallest absolute Gasteiger partial charge is 0.234 e. The van der Waals surface area contributed by atoms with Gasteiger partial charge in [0.2, 0.25) is 5.91 Å². The third-order valence-electron chi connectivity index (χ3n) is 4.33. The van der Waals surface area contributed by atoms with Gasteiger partial charge in [0.1, 0.15) is 5.82 Å². The van der Waals surface area contributed by atoms with Crippen LogP contribution in [0.5, 0.6) is 0 Å². The van der Waals surface area contributed by atoms with E-state index < -0.39 is 0 Å². The topological polar surface area (TPSA) is 59.8 Å². The first kappa shape index (κ1) is 20.1. The molecule has 0 saturated carbocycles. The Balaban J connectivity index is 1.68. The Bertz CT molecular complexity index is 936. The summed E-state index contributed by atoms with van der Waals surface area (Å²) in [6.45, 7) is 7.05. The molecule has 1 aromatic heterocycles. The van der Waals surface area contributed by atoms with Crippen LogP contribution in [0.4, 0.5) is 10.1 Å². The molecular formula is C21H23FN4OS. The standard InChI is InChI=1S/C21H23FN4OS/c1-4-26-20(16-7-5-15(6-8-16)14(2)3)24-25-21(26)28-13-19(27)23-18-11-9-17(22)10-12-18/h5-12,14H,4,13H2,1-3H3,(H,23,27). The van der Waals surface area contributed by atoms with Gasteiger partial charge in [0.15, 0.2) is 11.0 Å². The van der Waals surface area contributed by atoms with Gasteiger partial charge in [0, 0.05) is 17.8 Å². The highest BCUT2D eigenvalue weighted by atomic mass is 32.2. The molecule has 28 heavy (non-hydrogen) atoms. The van der Waals surface area contributed by atoms with Gasteiger partial charge in [-0.05, 0) is 42.7 Å². The molecule has 0 aliphatic heterocycles. The van der Waals surface area contributed by atoms with Gasteiger partial charge >= 0.3 is 0 Å². The Kier molecular flexibility index (Phi) is 6.46. The maximum Gasteiger partial charge on any atom is 0.234 e. The zero-order chi connectivity index (χ0) is 20.1. The molecule has 1 amide bonds. The van der Waals surface area contributed by atoms with E-state index in [9.17, 15) is 9.18 Å². The molecule has 1 heterocycles. The number of benzene rings is 2. The third kappa shape index (κ3) is 4.78. The number of anilines is 1. The minimum absolute atomic E-state index is 0.176. The number of hydrogen-bond donors (Lipinski definition) is 1. The number of aromatic nitrogens is 3. The van der Waals surface area contributed by atoms with E-state index in [1.165, 1.54) is 41.6 Å². The Morgan fingerprint density at radius 3 is 2.39 bits per heavy atom. The van der Waals surface area contributed by atoms with E-state index in [0.717, 1.165) is 11.4 Å². The molecule has 3 aromatic rings. The van der Waals surface area contributed by atoms with Crippen molar-refractivity contribution < 1.29 is 9.18 Å². The van der Waals surface area contributed by atoms with Crippen molar-refractivity contribution in [1.82, 2.24) is 14.8 Å². The van der Waals surface area contributed by atoms with Crippen LogP contribution in [0.25, 0.3) is 11.4 Å². The van der Waals surface area contributed by atoms with Crippen molar-refractivity contribution in [3.8, 4) is 11.4 Å². The van der Waals surface area contributed by atoms with Gasteiger partial charge in [0.25, 0.3) is 0 Å². The van der Waals surface area contributed by atoms with Gasteiger partial charge in [-0.2, -0.15) is 0 Å². The Hall–Kier alpha value is -2.67. The van der Waals surface area contributed by atoms with Crippen LogP contribution in [0.2, 0.25) is 0 Å². The van der Waals surface area contributed by atoms with Gasteiger partial charge in [-0.3, -0.25) is 4.79 Å². The monoisotopic (exact) mass is 398 g/mol. The maximum absolute atomic E-state index is 12.9. The van der Waals surface area contributed by atoms with Gasteiger partial charge in [-0.1, -0.05) is 49.9 Å². The van der Waals surface area contributed by atoms with Crippen molar-refractivity contribution in [2.45, 2.75) is 38.4 Å². The highest BCUT2D eigenvalue weighted by Crippen LogP contribution is 2.25. The van der Waals surface area contributed by atoms with Crippen LogP contribution in [0.1, 0.15) is 32.3 Å². The summed E-state index contributed by atoms with van der Waals surface area (Å²) >= 11 is 1.33. The summed E-state index contributed by atoms with van der Waals surface area (Å²) in [4.78, 5) is 12.2. The lowest BCUT2D eigenvalue weighted by Gasteiger charge is -2.09. The molecule has 2 aromatic carbocycles. The number of halogens is 1. The molecular weight excluding hydrogens is 375 g/mol. The number of amides is 1. The second kappa shape index (κ2) is 9.01. The zero-order valence-electron chi connectivity index (χ0n) is 16.1. The van der Waals surface area contributed by atoms with E-state index in [0.29, 0.717) is 23.3 Å². The molecule has 7 heteroatoms. The largest absolute Gasteiger partial charge is 0.325 e. The predicted octanol–water partition coefficient (Wildman–Crippen LogP) is 4.96. The van der Waals surface area contributed by atoms with Gasteiger partial charge in [0.05, 0.1) is 5.75 Å². The lowest BCUT2D eigenvalue weighted by molar-refractivity contribution is -0.113. The Labute approximate surface area is 168 Å². The van der Waals surface area contributed by atoms with Gasteiger partial charge in [-0.15, -0.1) is 10.2 Å². The number of carbonyl (C=O) groups is 1. The highest BCUT2D eigenvalue weighted by Gasteiger charge is 2.15. The average molecular weight is 399 g/mol. The molecule has 0 aliphatic carbocycles. The zero-order valence-corrected chi connectivity index (χ0v) is 17.0. The van der Waals surface area contributed by atoms with Gasteiger partial charge in [-0.25, -0.2) is 4.39 Å². The van der Waals surface area contributed by atoms with Crippen LogP contribution in [-0.4, -0.2) is 26.4 Å². The van der Waals surface area contributed by atoms with Crippen LogP contribution >= 0.6 is 11.8 Å². The average Bonchev–Trinajstić information content (AvgIpc) is 3.11. The first-order valence-electron chi connectivity index (χ1n) is 9.19. The summed E-state index contributed by atoms with van der Waals surface area (Å²) in [7, 11) is 0. The Morgan fingerprint density at radius 1 is 1.11 bits per heavy atom. The molecule has 0 saturated heterocycles. The number of rotatable bonds is 7. The first-order valence-corrected chi connectivity index (χ1v) is 10.2. The molecule has 1 N–H and O–H groups in total. The number of thioether (sulfide) groups is 1. The van der Waals surface area contributed by atoms with E-state index in [2.05, 4.69) is 53.6 Å². The van der Waals surface area contributed by atoms with E-state index in [4.69, 9.17) is 0 Å². The number of hydrogen-bond acceptors (Lipinski definition) is 4. The van der Waals surface area contributed by atoms with E-state index in [1.54, 1.807) is 0 Å². The minimum Gasteiger partial charge on any atom is -0.325 e. The van der Waals surface area contributed by atoms with E-state index in [1.807, 2.05) is 11.5 Å².